The van der Waals surface area contributed by atoms with Crippen molar-refractivity contribution >= 4 is 22.1 Å². The van der Waals surface area contributed by atoms with E-state index in [9.17, 15) is 0 Å². The minimum atomic E-state index is 0.642. The van der Waals surface area contributed by atoms with Crippen molar-refractivity contribution in [1.82, 2.24) is 19.9 Å². The molecule has 5 aromatic rings. The SMILES string of the molecule is Cc1ccc2c(oc3ncccc32)c1-c1cc(-c2ncncn2)cc[n+]1C. The van der Waals surface area contributed by atoms with Crippen LogP contribution in [0, 0.1) is 6.92 Å². The van der Waals surface area contributed by atoms with Crippen molar-refractivity contribution in [3.63, 3.8) is 0 Å². The second kappa shape index (κ2) is 5.95. The third-order valence-electron chi connectivity index (χ3n) is 4.78. The zero-order valence-electron chi connectivity index (χ0n) is 14.9. The Morgan fingerprint density at radius 3 is 2.67 bits per heavy atom. The molecule has 0 aliphatic heterocycles. The average molecular weight is 354 g/mol. The fraction of sp³-hybridized carbons (Fsp3) is 0.0952. The predicted molar refractivity (Wildman–Crippen MR) is 102 cm³/mol. The molecule has 6 heteroatoms. The van der Waals surface area contributed by atoms with Crippen molar-refractivity contribution in [3.05, 3.63) is 67.0 Å². The topological polar surface area (TPSA) is 68.6 Å². The van der Waals surface area contributed by atoms with Gasteiger partial charge >= 0.3 is 0 Å². The lowest BCUT2D eigenvalue weighted by atomic mass is 10.00. The fourth-order valence-electron chi connectivity index (χ4n) is 3.44. The van der Waals surface area contributed by atoms with E-state index in [1.807, 2.05) is 31.4 Å². The van der Waals surface area contributed by atoms with Crippen LogP contribution >= 0.6 is 0 Å². The first-order valence-electron chi connectivity index (χ1n) is 8.61. The van der Waals surface area contributed by atoms with Crippen LogP contribution in [0.5, 0.6) is 0 Å². The Morgan fingerprint density at radius 1 is 0.963 bits per heavy atom. The lowest BCUT2D eigenvalue weighted by Gasteiger charge is -2.07. The first kappa shape index (κ1) is 15.6. The first-order chi connectivity index (χ1) is 13.2. The van der Waals surface area contributed by atoms with Gasteiger partial charge in [-0.25, -0.2) is 24.5 Å². The number of rotatable bonds is 2. The zero-order chi connectivity index (χ0) is 18.4. The molecule has 0 atom stereocenters. The lowest BCUT2D eigenvalue weighted by molar-refractivity contribution is -0.660. The average Bonchev–Trinajstić information content (AvgIpc) is 3.08. The summed E-state index contributed by atoms with van der Waals surface area (Å²) in [6.07, 6.45) is 6.77. The van der Waals surface area contributed by atoms with Gasteiger partial charge in [-0.1, -0.05) is 12.1 Å². The van der Waals surface area contributed by atoms with Crippen molar-refractivity contribution in [2.45, 2.75) is 6.92 Å². The van der Waals surface area contributed by atoms with E-state index < -0.39 is 0 Å². The molecule has 0 fully saturated rings. The standard InChI is InChI=1S/C21H16N5O/c1-13-5-6-15-16-4-3-8-23-21(16)27-19(15)18(13)17-10-14(7-9-26(17)2)20-24-11-22-12-25-20/h3-12H,1-2H3/q+1. The Morgan fingerprint density at radius 2 is 1.81 bits per heavy atom. The molecule has 0 N–H and O–H groups in total. The molecular formula is C21H16N5O+. The van der Waals surface area contributed by atoms with Gasteiger partial charge in [0.05, 0.1) is 5.56 Å². The van der Waals surface area contributed by atoms with Crippen LogP contribution in [-0.2, 0) is 7.05 Å². The Kier molecular flexibility index (Phi) is 3.43. The molecule has 0 bridgehead atoms. The monoisotopic (exact) mass is 354 g/mol. The quantitative estimate of drug-likeness (QED) is 0.453. The molecule has 4 aromatic heterocycles. The van der Waals surface area contributed by atoms with E-state index in [1.54, 1.807) is 6.20 Å². The van der Waals surface area contributed by atoms with Gasteiger partial charge in [-0.15, -0.1) is 0 Å². The summed E-state index contributed by atoms with van der Waals surface area (Å²) in [5, 5.41) is 2.08. The Balaban J connectivity index is 1.82. The van der Waals surface area contributed by atoms with E-state index in [2.05, 4.69) is 49.6 Å². The summed E-state index contributed by atoms with van der Waals surface area (Å²) in [6, 6.07) is 12.3. The molecule has 0 saturated carbocycles. The van der Waals surface area contributed by atoms with E-state index in [4.69, 9.17) is 4.42 Å². The molecule has 0 aliphatic rings. The fourth-order valence-corrected chi connectivity index (χ4v) is 3.44. The highest BCUT2D eigenvalue weighted by Crippen LogP contribution is 2.36. The summed E-state index contributed by atoms with van der Waals surface area (Å²) in [5.41, 5.74) is 5.61. The number of furan rings is 1. The van der Waals surface area contributed by atoms with Crippen molar-refractivity contribution in [1.29, 1.82) is 0 Å². The van der Waals surface area contributed by atoms with Gasteiger partial charge in [0.2, 0.25) is 11.4 Å². The molecule has 0 saturated heterocycles. The van der Waals surface area contributed by atoms with E-state index in [-0.39, 0.29) is 0 Å². The van der Waals surface area contributed by atoms with Gasteiger partial charge in [0.15, 0.2) is 17.6 Å². The molecule has 5 rings (SSSR count). The number of hydrogen-bond donors (Lipinski definition) is 0. The molecular weight excluding hydrogens is 338 g/mol. The van der Waals surface area contributed by atoms with Gasteiger partial charge in [-0.05, 0) is 24.6 Å². The van der Waals surface area contributed by atoms with Crippen LogP contribution in [0.1, 0.15) is 5.56 Å². The Labute approximate surface area is 155 Å². The molecule has 130 valence electrons. The summed E-state index contributed by atoms with van der Waals surface area (Å²) in [6.45, 7) is 2.09. The van der Waals surface area contributed by atoms with Crippen molar-refractivity contribution in [2.24, 2.45) is 7.05 Å². The van der Waals surface area contributed by atoms with E-state index in [0.717, 1.165) is 38.7 Å². The maximum atomic E-state index is 6.15. The number of aryl methyl sites for hydroxylation is 2. The summed E-state index contributed by atoms with van der Waals surface area (Å²) < 4.78 is 8.23. The number of pyridine rings is 2. The second-order valence-corrected chi connectivity index (χ2v) is 6.47. The van der Waals surface area contributed by atoms with Gasteiger partial charge < -0.3 is 4.42 Å². The van der Waals surface area contributed by atoms with Crippen molar-refractivity contribution < 1.29 is 8.98 Å². The third kappa shape index (κ3) is 2.45. The molecule has 0 amide bonds. The summed E-state index contributed by atoms with van der Waals surface area (Å²) in [5.74, 6) is 0.642. The predicted octanol–water partition coefficient (Wildman–Crippen LogP) is 3.63. The molecule has 1 aromatic carbocycles. The maximum Gasteiger partial charge on any atom is 0.227 e. The minimum Gasteiger partial charge on any atom is -0.437 e. The molecule has 27 heavy (non-hydrogen) atoms. The second-order valence-electron chi connectivity index (χ2n) is 6.47. The normalized spacial score (nSPS) is 11.3. The van der Waals surface area contributed by atoms with Crippen LogP contribution in [0.25, 0.3) is 44.7 Å². The minimum absolute atomic E-state index is 0.642. The molecule has 0 spiro atoms. The number of fused-ring (bicyclic) bond motifs is 3. The van der Waals surface area contributed by atoms with Gasteiger partial charge in [0, 0.05) is 34.7 Å². The highest BCUT2D eigenvalue weighted by atomic mass is 16.3. The van der Waals surface area contributed by atoms with Crippen LogP contribution < -0.4 is 4.57 Å². The number of benzene rings is 1. The Hall–Kier alpha value is -3.67. The van der Waals surface area contributed by atoms with Crippen LogP contribution in [0.4, 0.5) is 0 Å². The Bertz CT molecular complexity index is 1290. The van der Waals surface area contributed by atoms with Gasteiger partial charge in [0.25, 0.3) is 0 Å². The lowest BCUT2D eigenvalue weighted by Crippen LogP contribution is -2.30. The van der Waals surface area contributed by atoms with E-state index in [0.29, 0.717) is 11.5 Å². The number of aromatic nitrogens is 5. The van der Waals surface area contributed by atoms with Crippen molar-refractivity contribution in [2.75, 3.05) is 0 Å². The molecule has 0 aliphatic carbocycles. The highest BCUT2D eigenvalue weighted by Gasteiger charge is 2.21. The molecule has 6 nitrogen and oxygen atoms in total. The number of nitrogens with zero attached hydrogens (tertiary/aromatic N) is 5. The maximum absolute atomic E-state index is 6.15. The third-order valence-corrected chi connectivity index (χ3v) is 4.78. The van der Waals surface area contributed by atoms with Gasteiger partial charge in [-0.3, -0.25) is 0 Å². The van der Waals surface area contributed by atoms with Crippen LogP contribution in [0.15, 0.2) is 65.9 Å². The van der Waals surface area contributed by atoms with Gasteiger partial charge in [-0.2, -0.15) is 0 Å². The van der Waals surface area contributed by atoms with E-state index >= 15 is 0 Å². The zero-order valence-corrected chi connectivity index (χ0v) is 14.9. The van der Waals surface area contributed by atoms with E-state index in [1.165, 1.54) is 12.7 Å². The summed E-state index contributed by atoms with van der Waals surface area (Å²) in [7, 11) is 2.02. The molecule has 4 heterocycles. The number of hydrogen-bond acceptors (Lipinski definition) is 5. The first-order valence-corrected chi connectivity index (χ1v) is 8.61. The summed E-state index contributed by atoms with van der Waals surface area (Å²) in [4.78, 5) is 16.8. The largest absolute Gasteiger partial charge is 0.437 e. The smallest absolute Gasteiger partial charge is 0.227 e. The highest BCUT2D eigenvalue weighted by molar-refractivity contribution is 6.08. The van der Waals surface area contributed by atoms with Crippen LogP contribution in [0.2, 0.25) is 0 Å². The van der Waals surface area contributed by atoms with Gasteiger partial charge in [0.1, 0.15) is 19.7 Å². The van der Waals surface area contributed by atoms with Crippen molar-refractivity contribution in [3.8, 4) is 22.6 Å². The summed E-state index contributed by atoms with van der Waals surface area (Å²) >= 11 is 0. The van der Waals surface area contributed by atoms with Crippen LogP contribution in [-0.4, -0.2) is 19.9 Å². The molecule has 0 unspecified atom stereocenters. The molecule has 0 radical (unpaired) electrons. The van der Waals surface area contributed by atoms with Crippen LogP contribution in [0.3, 0.4) is 0 Å².